The number of aromatic nitrogens is 1. The molecule has 0 spiro atoms. The van der Waals surface area contributed by atoms with Crippen LogP contribution >= 0.6 is 0 Å². The van der Waals surface area contributed by atoms with Gasteiger partial charge in [-0.2, -0.15) is 0 Å². The zero-order valence-corrected chi connectivity index (χ0v) is 6.42. The van der Waals surface area contributed by atoms with E-state index >= 15 is 0 Å². The van der Waals surface area contributed by atoms with Crippen molar-refractivity contribution in [2.24, 2.45) is 0 Å². The second kappa shape index (κ2) is 3.76. The Morgan fingerprint density at radius 1 is 1.36 bits per heavy atom. The van der Waals surface area contributed by atoms with Crippen LogP contribution in [0.5, 0.6) is 0 Å². The Morgan fingerprint density at radius 2 is 2.09 bits per heavy atom. The lowest BCUT2D eigenvalue weighted by Crippen LogP contribution is -1.87. The van der Waals surface area contributed by atoms with Gasteiger partial charge in [0, 0.05) is 12.8 Å². The summed E-state index contributed by atoms with van der Waals surface area (Å²) in [6.07, 6.45) is 6.57. The van der Waals surface area contributed by atoms with Gasteiger partial charge in [-0.25, -0.2) is 4.98 Å². The molecule has 1 aromatic heterocycles. The molecule has 1 rings (SSSR count). The Balaban J connectivity index is 2.76. The van der Waals surface area contributed by atoms with Crippen LogP contribution in [0.2, 0.25) is 0 Å². The van der Waals surface area contributed by atoms with Gasteiger partial charge in [-0.1, -0.05) is 12.2 Å². The van der Waals surface area contributed by atoms with Crippen LogP contribution in [0.1, 0.15) is 11.5 Å². The topological polar surface area (TPSA) is 26.0 Å². The van der Waals surface area contributed by atoms with Crippen LogP contribution in [-0.2, 0) is 12.8 Å². The van der Waals surface area contributed by atoms with Gasteiger partial charge < -0.3 is 4.42 Å². The van der Waals surface area contributed by atoms with Crippen LogP contribution in [0.15, 0.2) is 36.1 Å². The molecule has 58 valence electrons. The highest BCUT2D eigenvalue weighted by molar-refractivity contribution is 5.12. The van der Waals surface area contributed by atoms with Gasteiger partial charge in [-0.05, 0) is 0 Å². The molecule has 0 aliphatic carbocycles. The van der Waals surface area contributed by atoms with Crippen molar-refractivity contribution in [1.29, 1.82) is 0 Å². The molecule has 0 bridgehead atoms. The van der Waals surface area contributed by atoms with E-state index in [9.17, 15) is 0 Å². The van der Waals surface area contributed by atoms with Gasteiger partial charge in [0.15, 0.2) is 6.39 Å². The maximum atomic E-state index is 5.13. The summed E-state index contributed by atoms with van der Waals surface area (Å²) in [5.41, 5.74) is 0.958. The van der Waals surface area contributed by atoms with Crippen molar-refractivity contribution < 1.29 is 4.42 Å². The quantitative estimate of drug-likeness (QED) is 0.613. The van der Waals surface area contributed by atoms with Crippen LogP contribution in [0.3, 0.4) is 0 Å². The first-order valence-electron chi connectivity index (χ1n) is 3.51. The highest BCUT2D eigenvalue weighted by Gasteiger charge is 2.02. The summed E-state index contributed by atoms with van der Waals surface area (Å²) < 4.78 is 5.13. The molecule has 0 radical (unpaired) electrons. The van der Waals surface area contributed by atoms with Crippen LogP contribution in [0.25, 0.3) is 0 Å². The van der Waals surface area contributed by atoms with Crippen LogP contribution in [0.4, 0.5) is 0 Å². The van der Waals surface area contributed by atoms with E-state index in [1.54, 1.807) is 6.08 Å². The van der Waals surface area contributed by atoms with Crippen molar-refractivity contribution in [3.8, 4) is 0 Å². The second-order valence-electron chi connectivity index (χ2n) is 2.21. The first-order valence-corrected chi connectivity index (χ1v) is 3.51. The molecule has 11 heavy (non-hydrogen) atoms. The predicted molar refractivity (Wildman–Crippen MR) is 44.3 cm³/mol. The van der Waals surface area contributed by atoms with Crippen molar-refractivity contribution in [2.45, 2.75) is 12.8 Å². The molecule has 0 aromatic carbocycles. The van der Waals surface area contributed by atoms with Gasteiger partial charge in [0.05, 0.1) is 5.69 Å². The summed E-state index contributed by atoms with van der Waals surface area (Å²) in [5.74, 6) is 0.889. The Kier molecular flexibility index (Phi) is 2.66. The summed E-state index contributed by atoms with van der Waals surface area (Å²) >= 11 is 0. The third kappa shape index (κ3) is 1.80. The summed E-state index contributed by atoms with van der Waals surface area (Å²) in [5, 5.41) is 0. The molecule has 0 saturated carbocycles. The lowest BCUT2D eigenvalue weighted by atomic mass is 10.2. The molecule has 0 aliphatic rings. The number of hydrogen-bond donors (Lipinski definition) is 0. The molecule has 0 fully saturated rings. The summed E-state index contributed by atoms with van der Waals surface area (Å²) in [7, 11) is 0. The average molecular weight is 149 g/mol. The van der Waals surface area contributed by atoms with E-state index in [-0.39, 0.29) is 0 Å². The zero-order chi connectivity index (χ0) is 8.10. The zero-order valence-electron chi connectivity index (χ0n) is 6.42. The van der Waals surface area contributed by atoms with E-state index in [2.05, 4.69) is 18.1 Å². The third-order valence-electron chi connectivity index (χ3n) is 1.39. The van der Waals surface area contributed by atoms with Gasteiger partial charge in [0.25, 0.3) is 0 Å². The molecule has 0 N–H and O–H groups in total. The Morgan fingerprint density at radius 3 is 2.73 bits per heavy atom. The lowest BCUT2D eigenvalue weighted by molar-refractivity contribution is 0.514. The molecule has 1 heterocycles. The number of nitrogens with zero attached hydrogens (tertiary/aromatic N) is 1. The molecule has 0 saturated heterocycles. The molecular formula is C9H11NO. The molecule has 2 heteroatoms. The van der Waals surface area contributed by atoms with Crippen molar-refractivity contribution in [3.05, 3.63) is 43.2 Å². The van der Waals surface area contributed by atoms with E-state index in [4.69, 9.17) is 4.42 Å². The van der Waals surface area contributed by atoms with Gasteiger partial charge in [-0.15, -0.1) is 13.2 Å². The fourth-order valence-electron chi connectivity index (χ4n) is 0.894. The van der Waals surface area contributed by atoms with E-state index in [1.165, 1.54) is 6.39 Å². The maximum Gasteiger partial charge on any atom is 0.181 e. The average Bonchev–Trinajstić information content (AvgIpc) is 2.39. The molecule has 0 amide bonds. The van der Waals surface area contributed by atoms with Crippen molar-refractivity contribution in [2.75, 3.05) is 0 Å². The minimum atomic E-state index is 0.739. The number of rotatable bonds is 4. The number of hydrogen-bond acceptors (Lipinski definition) is 2. The fourth-order valence-corrected chi connectivity index (χ4v) is 0.894. The number of oxazole rings is 1. The molecule has 1 aromatic rings. The van der Waals surface area contributed by atoms with E-state index in [0.717, 1.165) is 24.3 Å². The largest absolute Gasteiger partial charge is 0.448 e. The molecular weight excluding hydrogens is 138 g/mol. The van der Waals surface area contributed by atoms with Crippen molar-refractivity contribution in [3.63, 3.8) is 0 Å². The third-order valence-corrected chi connectivity index (χ3v) is 1.39. The first kappa shape index (κ1) is 7.79. The molecule has 0 aliphatic heterocycles. The van der Waals surface area contributed by atoms with E-state index < -0.39 is 0 Å². The minimum Gasteiger partial charge on any atom is -0.448 e. The van der Waals surface area contributed by atoms with Crippen molar-refractivity contribution >= 4 is 0 Å². The standard InChI is InChI=1S/C9H11NO/c1-3-5-8-9(6-4-2)11-7-10-8/h3-4,7H,1-2,5-6H2. The van der Waals surface area contributed by atoms with Gasteiger partial charge in [0.1, 0.15) is 5.76 Å². The van der Waals surface area contributed by atoms with Crippen LogP contribution < -0.4 is 0 Å². The van der Waals surface area contributed by atoms with Gasteiger partial charge in [-0.3, -0.25) is 0 Å². The highest BCUT2D eigenvalue weighted by Crippen LogP contribution is 2.08. The second-order valence-corrected chi connectivity index (χ2v) is 2.21. The predicted octanol–water partition coefficient (Wildman–Crippen LogP) is 2.13. The first-order chi connectivity index (χ1) is 5.38. The van der Waals surface area contributed by atoms with Crippen LogP contribution in [-0.4, -0.2) is 4.98 Å². The van der Waals surface area contributed by atoms with Gasteiger partial charge >= 0.3 is 0 Å². The van der Waals surface area contributed by atoms with Gasteiger partial charge in [0.2, 0.25) is 0 Å². The van der Waals surface area contributed by atoms with Crippen molar-refractivity contribution in [1.82, 2.24) is 4.98 Å². The monoisotopic (exact) mass is 149 g/mol. The Labute approximate surface area is 66.3 Å². The Bertz CT molecular complexity index is 225. The summed E-state index contributed by atoms with van der Waals surface area (Å²) in [6.45, 7) is 7.25. The normalized spacial score (nSPS) is 9.45. The maximum absolute atomic E-state index is 5.13. The van der Waals surface area contributed by atoms with Crippen LogP contribution in [0, 0.1) is 0 Å². The molecule has 2 nitrogen and oxygen atoms in total. The SMILES string of the molecule is C=CCc1ncoc1CC=C. The lowest BCUT2D eigenvalue weighted by Gasteiger charge is -1.91. The smallest absolute Gasteiger partial charge is 0.181 e. The van der Waals surface area contributed by atoms with E-state index in [0.29, 0.717) is 0 Å². The van der Waals surface area contributed by atoms with E-state index in [1.807, 2.05) is 6.08 Å². The minimum absolute atomic E-state index is 0.739. The highest BCUT2D eigenvalue weighted by atomic mass is 16.3. The summed E-state index contributed by atoms with van der Waals surface area (Å²) in [4.78, 5) is 4.04. The fraction of sp³-hybridized carbons (Fsp3) is 0.222. The molecule has 0 atom stereocenters. The Hall–Kier alpha value is -1.31. The molecule has 0 unspecified atom stereocenters. The number of allylic oxidation sites excluding steroid dienone is 2. The summed E-state index contributed by atoms with van der Waals surface area (Å²) in [6, 6.07) is 0.